The fourth-order valence-electron chi connectivity index (χ4n) is 8.54. The second kappa shape index (κ2) is 11.1. The van der Waals surface area contributed by atoms with Crippen molar-refractivity contribution in [1.29, 1.82) is 0 Å². The summed E-state index contributed by atoms with van der Waals surface area (Å²) in [5.74, 6) is 1.79. The summed E-state index contributed by atoms with van der Waals surface area (Å²) in [6, 6.07) is 55.3. The molecule has 0 unspecified atom stereocenters. The molecule has 3 aromatic heterocycles. The molecule has 0 spiro atoms. The van der Waals surface area contributed by atoms with E-state index in [1.54, 1.807) is 0 Å². The van der Waals surface area contributed by atoms with E-state index in [2.05, 4.69) is 115 Å². The van der Waals surface area contributed by atoms with Gasteiger partial charge in [-0.3, -0.25) is 0 Å². The fraction of sp³-hybridized carbons (Fsp3) is 0.0625. The Hall–Kier alpha value is -6.85. The van der Waals surface area contributed by atoms with Gasteiger partial charge in [0.05, 0.1) is 16.6 Å². The summed E-state index contributed by atoms with van der Waals surface area (Å²) in [4.78, 5) is 15.2. The molecule has 0 radical (unpaired) electrons. The lowest BCUT2D eigenvalue weighted by Gasteiger charge is -2.21. The number of benzene rings is 7. The molecule has 11 rings (SSSR count). The number of fused-ring (bicyclic) bond motifs is 10. The van der Waals surface area contributed by atoms with Gasteiger partial charge < -0.3 is 8.98 Å². The topological polar surface area (TPSA) is 56.7 Å². The first-order valence-electron chi connectivity index (χ1n) is 18.0. The number of nitrogens with zero attached hydrogens (tertiary/aromatic N) is 4. The third kappa shape index (κ3) is 4.34. The average Bonchev–Trinajstić information content (AvgIpc) is 3.84. The summed E-state index contributed by atoms with van der Waals surface area (Å²) >= 11 is 0. The van der Waals surface area contributed by atoms with Crippen LogP contribution in [0.5, 0.6) is 0 Å². The minimum atomic E-state index is -0.0924. The fourth-order valence-corrected chi connectivity index (χ4v) is 8.54. The van der Waals surface area contributed by atoms with Gasteiger partial charge in [-0.1, -0.05) is 129 Å². The maximum atomic E-state index is 6.42. The second-order valence-electron chi connectivity index (χ2n) is 14.4. The highest BCUT2D eigenvalue weighted by Crippen LogP contribution is 2.52. The highest BCUT2D eigenvalue weighted by atomic mass is 16.3. The number of aromatic nitrogens is 4. The van der Waals surface area contributed by atoms with Crippen LogP contribution in [0, 0.1) is 0 Å². The molecule has 0 saturated carbocycles. The first-order chi connectivity index (χ1) is 26.0. The predicted molar refractivity (Wildman–Crippen MR) is 215 cm³/mol. The minimum Gasteiger partial charge on any atom is -0.455 e. The van der Waals surface area contributed by atoms with E-state index >= 15 is 0 Å². The lowest BCUT2D eigenvalue weighted by atomic mass is 9.82. The van der Waals surface area contributed by atoms with Gasteiger partial charge in [-0.05, 0) is 59.2 Å². The van der Waals surface area contributed by atoms with E-state index in [-0.39, 0.29) is 5.41 Å². The van der Waals surface area contributed by atoms with Crippen molar-refractivity contribution in [2.45, 2.75) is 19.3 Å². The molecule has 0 bridgehead atoms. The third-order valence-electron chi connectivity index (χ3n) is 11.1. The first kappa shape index (κ1) is 29.8. The molecule has 0 saturated heterocycles. The molecule has 10 aromatic rings. The summed E-state index contributed by atoms with van der Waals surface area (Å²) < 4.78 is 8.85. The van der Waals surface area contributed by atoms with Crippen LogP contribution in [0.2, 0.25) is 0 Å². The Morgan fingerprint density at radius 2 is 1.11 bits per heavy atom. The van der Waals surface area contributed by atoms with E-state index in [0.29, 0.717) is 17.5 Å². The molecule has 0 fully saturated rings. The van der Waals surface area contributed by atoms with Crippen LogP contribution in [-0.4, -0.2) is 19.5 Å². The van der Waals surface area contributed by atoms with Gasteiger partial charge in [0.25, 0.3) is 0 Å². The van der Waals surface area contributed by atoms with Crippen molar-refractivity contribution in [3.05, 3.63) is 169 Å². The molecule has 0 N–H and O–H groups in total. The van der Waals surface area contributed by atoms with Gasteiger partial charge in [-0.25, -0.2) is 15.0 Å². The molecule has 7 aromatic carbocycles. The Kier molecular flexibility index (Phi) is 6.23. The van der Waals surface area contributed by atoms with Crippen LogP contribution in [0.3, 0.4) is 0 Å². The Labute approximate surface area is 305 Å². The van der Waals surface area contributed by atoms with Crippen LogP contribution in [0.1, 0.15) is 25.0 Å². The van der Waals surface area contributed by atoms with Crippen LogP contribution >= 0.6 is 0 Å². The molecule has 1 aliphatic rings. The third-order valence-corrected chi connectivity index (χ3v) is 11.1. The molecular weight excluding hydrogens is 649 g/mol. The van der Waals surface area contributed by atoms with E-state index in [4.69, 9.17) is 19.4 Å². The predicted octanol–water partition coefficient (Wildman–Crippen LogP) is 12.2. The number of hydrogen-bond acceptors (Lipinski definition) is 4. The van der Waals surface area contributed by atoms with Gasteiger partial charge in [0.15, 0.2) is 17.5 Å². The van der Waals surface area contributed by atoms with Crippen molar-refractivity contribution < 1.29 is 4.42 Å². The summed E-state index contributed by atoms with van der Waals surface area (Å²) in [5.41, 5.74) is 13.0. The zero-order valence-electron chi connectivity index (χ0n) is 29.2. The standard InChI is InChI=1S/C48H32N4O/c1-48(2)38-20-9-6-17-36(38)42-39(48)28-27-34-32-15-7-10-21-40(32)52(43(34)42)31-25-23-30(24-26-31)46-49-45(29-13-4-3-5-14-29)50-47(51-46)37-19-12-18-35-33-16-8-11-22-41(33)53-44(35)37/h3-28H,1-2H3. The van der Waals surface area contributed by atoms with Crippen LogP contribution < -0.4 is 0 Å². The first-order valence-corrected chi connectivity index (χ1v) is 18.0. The lowest BCUT2D eigenvalue weighted by Crippen LogP contribution is -2.14. The second-order valence-corrected chi connectivity index (χ2v) is 14.4. The van der Waals surface area contributed by atoms with Crippen molar-refractivity contribution in [2.75, 3.05) is 0 Å². The monoisotopic (exact) mass is 680 g/mol. The van der Waals surface area contributed by atoms with Gasteiger partial charge in [0.2, 0.25) is 0 Å². The van der Waals surface area contributed by atoms with Gasteiger partial charge in [0, 0.05) is 49.3 Å². The molecule has 53 heavy (non-hydrogen) atoms. The van der Waals surface area contributed by atoms with E-state index in [0.717, 1.165) is 44.3 Å². The number of hydrogen-bond donors (Lipinski definition) is 0. The van der Waals surface area contributed by atoms with Crippen molar-refractivity contribution >= 4 is 43.7 Å². The largest absolute Gasteiger partial charge is 0.455 e. The molecule has 5 heteroatoms. The summed E-state index contributed by atoms with van der Waals surface area (Å²) in [6.07, 6.45) is 0. The van der Waals surface area contributed by atoms with Crippen molar-refractivity contribution in [3.8, 4) is 51.0 Å². The van der Waals surface area contributed by atoms with Gasteiger partial charge in [-0.2, -0.15) is 0 Å². The Balaban J connectivity index is 1.10. The molecule has 0 atom stereocenters. The summed E-state index contributed by atoms with van der Waals surface area (Å²) in [6.45, 7) is 4.68. The molecule has 0 aliphatic heterocycles. The summed E-state index contributed by atoms with van der Waals surface area (Å²) in [5, 5.41) is 4.60. The van der Waals surface area contributed by atoms with Gasteiger partial charge in [0.1, 0.15) is 11.2 Å². The zero-order valence-corrected chi connectivity index (χ0v) is 29.2. The van der Waals surface area contributed by atoms with E-state index in [9.17, 15) is 0 Å². The maximum absolute atomic E-state index is 6.42. The highest BCUT2D eigenvalue weighted by Gasteiger charge is 2.37. The molecule has 5 nitrogen and oxygen atoms in total. The normalized spacial score (nSPS) is 13.2. The Bertz CT molecular complexity index is 3080. The Morgan fingerprint density at radius 1 is 0.472 bits per heavy atom. The number of rotatable bonds is 4. The van der Waals surface area contributed by atoms with E-state index in [1.807, 2.05) is 60.7 Å². The van der Waals surface area contributed by atoms with Gasteiger partial charge >= 0.3 is 0 Å². The lowest BCUT2D eigenvalue weighted by molar-refractivity contribution is 0.661. The van der Waals surface area contributed by atoms with Crippen LogP contribution in [-0.2, 0) is 5.41 Å². The number of furan rings is 1. The van der Waals surface area contributed by atoms with Crippen LogP contribution in [0.15, 0.2) is 162 Å². The van der Waals surface area contributed by atoms with E-state index in [1.165, 1.54) is 44.1 Å². The Morgan fingerprint density at radius 3 is 1.94 bits per heavy atom. The van der Waals surface area contributed by atoms with Crippen LogP contribution in [0.25, 0.3) is 94.7 Å². The quantitative estimate of drug-likeness (QED) is 0.186. The summed E-state index contributed by atoms with van der Waals surface area (Å²) in [7, 11) is 0. The van der Waals surface area contributed by atoms with Gasteiger partial charge in [-0.15, -0.1) is 0 Å². The van der Waals surface area contributed by atoms with Crippen molar-refractivity contribution in [1.82, 2.24) is 19.5 Å². The number of para-hydroxylation sites is 3. The molecule has 1 aliphatic carbocycles. The van der Waals surface area contributed by atoms with Crippen molar-refractivity contribution in [2.24, 2.45) is 0 Å². The van der Waals surface area contributed by atoms with E-state index < -0.39 is 0 Å². The highest BCUT2D eigenvalue weighted by molar-refractivity contribution is 6.15. The minimum absolute atomic E-state index is 0.0924. The molecule has 250 valence electrons. The molecule has 0 amide bonds. The van der Waals surface area contributed by atoms with Crippen molar-refractivity contribution in [3.63, 3.8) is 0 Å². The molecular formula is C48H32N4O. The smallest absolute Gasteiger partial charge is 0.167 e. The average molecular weight is 681 g/mol. The maximum Gasteiger partial charge on any atom is 0.167 e. The molecule has 3 heterocycles. The SMILES string of the molecule is CC1(C)c2ccccc2-c2c1ccc1c3ccccc3n(-c3ccc(-c4nc(-c5ccccc5)nc(-c5cccc6c5oc5ccccc56)n4)cc3)c21. The zero-order chi connectivity index (χ0) is 35.3. The van der Waals surface area contributed by atoms with Crippen LogP contribution in [0.4, 0.5) is 0 Å².